The van der Waals surface area contributed by atoms with Crippen molar-refractivity contribution in [1.29, 1.82) is 0 Å². The van der Waals surface area contributed by atoms with Crippen LogP contribution in [0.1, 0.15) is 5.56 Å². The van der Waals surface area contributed by atoms with Crippen molar-refractivity contribution in [2.45, 2.75) is 0 Å². The Labute approximate surface area is 146 Å². The molecular formula is C17H10FNO3S2. The fraction of sp³-hybridized carbons (Fsp3) is 0.0588. The number of fused-ring (bicyclic) bond motifs is 1. The number of benzene rings is 2. The van der Waals surface area contributed by atoms with Crippen LogP contribution in [0.25, 0.3) is 6.08 Å². The first-order valence-electron chi connectivity index (χ1n) is 7.05. The molecule has 0 N–H and O–H groups in total. The summed E-state index contributed by atoms with van der Waals surface area (Å²) in [6, 6.07) is 11.2. The predicted molar refractivity (Wildman–Crippen MR) is 94.6 cm³/mol. The molecule has 0 saturated carbocycles. The molecule has 0 atom stereocenters. The van der Waals surface area contributed by atoms with Gasteiger partial charge in [0, 0.05) is 6.07 Å². The molecule has 7 heteroatoms. The number of rotatable bonds is 2. The van der Waals surface area contributed by atoms with Gasteiger partial charge in [-0.15, -0.1) is 0 Å². The highest BCUT2D eigenvalue weighted by molar-refractivity contribution is 8.27. The van der Waals surface area contributed by atoms with Gasteiger partial charge >= 0.3 is 0 Å². The van der Waals surface area contributed by atoms with Crippen molar-refractivity contribution in [3.8, 4) is 11.5 Å². The first-order chi connectivity index (χ1) is 11.6. The van der Waals surface area contributed by atoms with Crippen molar-refractivity contribution >= 4 is 46.0 Å². The summed E-state index contributed by atoms with van der Waals surface area (Å²) in [5.74, 6) is 0.698. The number of hydrogen-bond donors (Lipinski definition) is 0. The maximum atomic E-state index is 13.0. The number of nitrogens with zero attached hydrogens (tertiary/aromatic N) is 1. The van der Waals surface area contributed by atoms with Crippen LogP contribution in [-0.4, -0.2) is 17.0 Å². The van der Waals surface area contributed by atoms with Crippen LogP contribution in [0.15, 0.2) is 47.4 Å². The Bertz CT molecular complexity index is 880. The SMILES string of the molecule is O=C1/C(=C/c2ccc(F)cc2)SC(=S)N1c1ccc2c(c1)OCO2. The minimum atomic E-state index is -0.319. The molecule has 0 aliphatic carbocycles. The van der Waals surface area contributed by atoms with Crippen LogP contribution in [0.2, 0.25) is 0 Å². The highest BCUT2D eigenvalue weighted by Gasteiger charge is 2.34. The fourth-order valence-electron chi connectivity index (χ4n) is 2.43. The lowest BCUT2D eigenvalue weighted by molar-refractivity contribution is -0.113. The Kier molecular flexibility index (Phi) is 3.74. The summed E-state index contributed by atoms with van der Waals surface area (Å²) >= 11 is 6.55. The summed E-state index contributed by atoms with van der Waals surface area (Å²) in [7, 11) is 0. The molecule has 2 aromatic carbocycles. The lowest BCUT2D eigenvalue weighted by Crippen LogP contribution is -2.27. The third kappa shape index (κ3) is 2.65. The molecule has 1 saturated heterocycles. The maximum absolute atomic E-state index is 13.0. The highest BCUT2D eigenvalue weighted by atomic mass is 32.2. The molecule has 0 radical (unpaired) electrons. The zero-order chi connectivity index (χ0) is 16.7. The van der Waals surface area contributed by atoms with E-state index < -0.39 is 0 Å². The van der Waals surface area contributed by atoms with E-state index in [0.717, 1.165) is 5.56 Å². The van der Waals surface area contributed by atoms with Gasteiger partial charge < -0.3 is 9.47 Å². The minimum Gasteiger partial charge on any atom is -0.454 e. The number of ether oxygens (including phenoxy) is 2. The largest absolute Gasteiger partial charge is 0.454 e. The molecule has 2 aromatic rings. The van der Waals surface area contributed by atoms with Crippen molar-refractivity contribution in [2.75, 3.05) is 11.7 Å². The third-order valence-corrected chi connectivity index (χ3v) is 4.88. The van der Waals surface area contributed by atoms with Gasteiger partial charge in [0.05, 0.1) is 10.6 Å². The lowest BCUT2D eigenvalue weighted by atomic mass is 10.2. The predicted octanol–water partition coefficient (Wildman–Crippen LogP) is 3.96. The molecule has 2 heterocycles. The van der Waals surface area contributed by atoms with E-state index in [4.69, 9.17) is 21.7 Å². The number of hydrogen-bond acceptors (Lipinski definition) is 5. The van der Waals surface area contributed by atoms with Crippen LogP contribution in [-0.2, 0) is 4.79 Å². The van der Waals surface area contributed by atoms with E-state index in [2.05, 4.69) is 0 Å². The van der Waals surface area contributed by atoms with Crippen molar-refractivity contribution in [3.05, 3.63) is 58.8 Å². The number of carbonyl (C=O) groups excluding carboxylic acids is 1. The number of carbonyl (C=O) groups is 1. The quantitative estimate of drug-likeness (QED) is 0.599. The molecule has 2 aliphatic heterocycles. The van der Waals surface area contributed by atoms with E-state index >= 15 is 0 Å². The van der Waals surface area contributed by atoms with Gasteiger partial charge in [-0.3, -0.25) is 9.69 Å². The average molecular weight is 359 g/mol. The normalized spacial score (nSPS) is 17.9. The van der Waals surface area contributed by atoms with E-state index in [0.29, 0.717) is 26.4 Å². The van der Waals surface area contributed by atoms with E-state index in [1.54, 1.807) is 36.4 Å². The van der Waals surface area contributed by atoms with Crippen molar-refractivity contribution in [3.63, 3.8) is 0 Å². The van der Waals surface area contributed by atoms with Gasteiger partial charge in [-0.2, -0.15) is 0 Å². The van der Waals surface area contributed by atoms with Gasteiger partial charge in [-0.05, 0) is 35.9 Å². The summed E-state index contributed by atoms with van der Waals surface area (Å²) in [5, 5.41) is 0. The number of halogens is 1. The summed E-state index contributed by atoms with van der Waals surface area (Å²) in [4.78, 5) is 14.6. The van der Waals surface area contributed by atoms with Crippen LogP contribution >= 0.6 is 24.0 Å². The lowest BCUT2D eigenvalue weighted by Gasteiger charge is -2.14. The third-order valence-electron chi connectivity index (χ3n) is 3.58. The molecule has 24 heavy (non-hydrogen) atoms. The standard InChI is InChI=1S/C17H10FNO3S2/c18-11-3-1-10(2-4-11)7-15-16(20)19(17(23)24-15)12-5-6-13-14(8-12)22-9-21-13/h1-8H,9H2/b15-7-. The van der Waals surface area contributed by atoms with Crippen LogP contribution in [0, 0.1) is 5.82 Å². The molecule has 0 bridgehead atoms. The maximum Gasteiger partial charge on any atom is 0.270 e. The van der Waals surface area contributed by atoms with Gasteiger partial charge in [-0.1, -0.05) is 36.1 Å². The topological polar surface area (TPSA) is 38.8 Å². The van der Waals surface area contributed by atoms with Gasteiger partial charge in [0.25, 0.3) is 5.91 Å². The first kappa shape index (κ1) is 15.2. The fourth-order valence-corrected chi connectivity index (χ4v) is 3.72. The van der Waals surface area contributed by atoms with E-state index in [9.17, 15) is 9.18 Å². The molecule has 120 valence electrons. The van der Waals surface area contributed by atoms with Gasteiger partial charge in [0.15, 0.2) is 15.8 Å². The van der Waals surface area contributed by atoms with Gasteiger partial charge in [0.1, 0.15) is 5.82 Å². The van der Waals surface area contributed by atoms with Gasteiger partial charge in [-0.25, -0.2) is 4.39 Å². The van der Waals surface area contributed by atoms with Crippen molar-refractivity contribution in [2.24, 2.45) is 0 Å². The molecule has 0 unspecified atom stereocenters. The summed E-state index contributed by atoms with van der Waals surface area (Å²) < 4.78 is 24.0. The van der Waals surface area contributed by atoms with Crippen molar-refractivity contribution < 1.29 is 18.7 Å². The summed E-state index contributed by atoms with van der Waals surface area (Å²) in [6.07, 6.45) is 1.70. The number of thiocarbonyl (C=S) groups is 1. The Morgan fingerprint density at radius 2 is 1.88 bits per heavy atom. The average Bonchev–Trinajstić information content (AvgIpc) is 3.14. The molecule has 0 spiro atoms. The molecule has 1 fully saturated rings. The second-order valence-electron chi connectivity index (χ2n) is 5.11. The van der Waals surface area contributed by atoms with E-state index in [-0.39, 0.29) is 18.5 Å². The Hall–Kier alpha value is -2.38. The van der Waals surface area contributed by atoms with Crippen molar-refractivity contribution in [1.82, 2.24) is 0 Å². The minimum absolute atomic E-state index is 0.168. The Balaban J connectivity index is 1.65. The monoisotopic (exact) mass is 359 g/mol. The molecule has 0 aromatic heterocycles. The van der Waals surface area contributed by atoms with Crippen LogP contribution in [0.5, 0.6) is 11.5 Å². The molecule has 2 aliphatic rings. The number of amides is 1. The van der Waals surface area contributed by atoms with Gasteiger partial charge in [0.2, 0.25) is 6.79 Å². The van der Waals surface area contributed by atoms with Crippen LogP contribution in [0.3, 0.4) is 0 Å². The second kappa shape index (κ2) is 5.92. The molecule has 1 amide bonds. The first-order valence-corrected chi connectivity index (χ1v) is 8.27. The van der Waals surface area contributed by atoms with Crippen LogP contribution < -0.4 is 14.4 Å². The highest BCUT2D eigenvalue weighted by Crippen LogP contribution is 2.40. The second-order valence-corrected chi connectivity index (χ2v) is 6.78. The smallest absolute Gasteiger partial charge is 0.270 e. The molecule has 4 rings (SSSR count). The summed E-state index contributed by atoms with van der Waals surface area (Å²) in [5.41, 5.74) is 1.37. The zero-order valence-electron chi connectivity index (χ0n) is 12.2. The molecule has 4 nitrogen and oxygen atoms in total. The summed E-state index contributed by atoms with van der Waals surface area (Å²) in [6.45, 7) is 0.168. The Morgan fingerprint density at radius 3 is 2.67 bits per heavy atom. The zero-order valence-corrected chi connectivity index (χ0v) is 13.8. The molecular weight excluding hydrogens is 349 g/mol. The Morgan fingerprint density at radius 1 is 1.12 bits per heavy atom. The van der Waals surface area contributed by atoms with E-state index in [1.165, 1.54) is 28.8 Å². The van der Waals surface area contributed by atoms with Crippen LogP contribution in [0.4, 0.5) is 10.1 Å². The number of anilines is 1. The number of thioether (sulfide) groups is 1. The van der Waals surface area contributed by atoms with E-state index in [1.807, 2.05) is 0 Å².